The van der Waals surface area contributed by atoms with Crippen LogP contribution in [0.15, 0.2) is 71.6 Å². The summed E-state index contributed by atoms with van der Waals surface area (Å²) in [5, 5.41) is 13.2. The van der Waals surface area contributed by atoms with Crippen molar-refractivity contribution in [2.24, 2.45) is 0 Å². The molecule has 2 aliphatic rings. The molecule has 5 rings (SSSR count). The normalized spacial score (nSPS) is 19.7. The maximum Gasteiger partial charge on any atom is 0.295 e. The molecule has 2 fully saturated rings. The Labute approximate surface area is 226 Å². The number of carbonyl (C=O) groups excluding carboxylic acids is 2. The van der Waals surface area contributed by atoms with E-state index >= 15 is 0 Å². The molecule has 38 heavy (non-hydrogen) atoms. The van der Waals surface area contributed by atoms with Crippen LogP contribution < -0.4 is 4.74 Å². The highest BCUT2D eigenvalue weighted by atomic mass is 32.1. The number of carbonyl (C=O) groups is 2. The molecule has 198 valence electrons. The van der Waals surface area contributed by atoms with Crippen LogP contribution in [-0.2, 0) is 20.9 Å². The van der Waals surface area contributed by atoms with Gasteiger partial charge in [0.1, 0.15) is 18.1 Å². The maximum absolute atomic E-state index is 13.2. The Morgan fingerprint density at radius 1 is 1.03 bits per heavy atom. The fourth-order valence-electron chi connectivity index (χ4n) is 4.94. The highest BCUT2D eigenvalue weighted by molar-refractivity contribution is 7.10. The van der Waals surface area contributed by atoms with Gasteiger partial charge in [-0.1, -0.05) is 30.3 Å². The molecule has 3 aromatic rings. The molecular formula is C30H32N2O5S. The Hall–Kier alpha value is -3.46. The van der Waals surface area contributed by atoms with Gasteiger partial charge in [-0.15, -0.1) is 11.3 Å². The van der Waals surface area contributed by atoms with Gasteiger partial charge in [-0.05, 0) is 60.2 Å². The van der Waals surface area contributed by atoms with Crippen LogP contribution in [0.25, 0.3) is 5.76 Å². The molecule has 1 amide bonds. The number of hydrogen-bond acceptors (Lipinski definition) is 7. The lowest BCUT2D eigenvalue weighted by Gasteiger charge is -2.28. The molecule has 0 bridgehead atoms. The number of thiophene rings is 1. The number of morpholine rings is 1. The van der Waals surface area contributed by atoms with Crippen molar-refractivity contribution in [3.05, 3.63) is 93.2 Å². The zero-order chi connectivity index (χ0) is 26.5. The van der Waals surface area contributed by atoms with Crippen molar-refractivity contribution >= 4 is 28.8 Å². The van der Waals surface area contributed by atoms with E-state index in [1.54, 1.807) is 29.2 Å². The van der Waals surface area contributed by atoms with Crippen molar-refractivity contribution in [1.29, 1.82) is 0 Å². The third-order valence-corrected chi connectivity index (χ3v) is 8.04. The molecule has 0 aliphatic carbocycles. The van der Waals surface area contributed by atoms with Crippen molar-refractivity contribution in [2.45, 2.75) is 26.0 Å². The van der Waals surface area contributed by atoms with E-state index in [4.69, 9.17) is 9.47 Å². The minimum Gasteiger partial charge on any atom is -0.507 e. The lowest BCUT2D eigenvalue weighted by molar-refractivity contribution is -0.140. The predicted octanol–water partition coefficient (Wildman–Crippen LogP) is 4.78. The minimum atomic E-state index is -0.646. The molecular weight excluding hydrogens is 500 g/mol. The van der Waals surface area contributed by atoms with Gasteiger partial charge < -0.3 is 19.5 Å². The number of rotatable bonds is 9. The van der Waals surface area contributed by atoms with Gasteiger partial charge in [-0.3, -0.25) is 14.5 Å². The fraction of sp³-hybridized carbons (Fsp3) is 0.333. The lowest BCUT2D eigenvalue weighted by Crippen LogP contribution is -2.38. The van der Waals surface area contributed by atoms with Gasteiger partial charge in [0, 0.05) is 36.6 Å². The van der Waals surface area contributed by atoms with Crippen molar-refractivity contribution in [3.63, 3.8) is 0 Å². The van der Waals surface area contributed by atoms with Crippen LogP contribution >= 0.6 is 11.3 Å². The first-order chi connectivity index (χ1) is 18.5. The number of aliphatic hydroxyl groups excluding tert-OH is 1. The van der Waals surface area contributed by atoms with E-state index in [0.29, 0.717) is 24.5 Å². The summed E-state index contributed by atoms with van der Waals surface area (Å²) in [5.74, 6) is -0.719. The van der Waals surface area contributed by atoms with E-state index in [1.807, 2.05) is 48.7 Å². The number of hydrogen-bond donors (Lipinski definition) is 1. The summed E-state index contributed by atoms with van der Waals surface area (Å²) in [5.41, 5.74) is 2.87. The topological polar surface area (TPSA) is 79.3 Å². The molecule has 0 radical (unpaired) electrons. The van der Waals surface area contributed by atoms with Gasteiger partial charge in [0.25, 0.3) is 11.7 Å². The molecule has 1 N–H and O–H groups in total. The highest BCUT2D eigenvalue weighted by Gasteiger charge is 2.46. The zero-order valence-electron chi connectivity index (χ0n) is 21.5. The molecule has 3 heterocycles. The Balaban J connectivity index is 1.34. The predicted molar refractivity (Wildman–Crippen MR) is 147 cm³/mol. The number of ether oxygens (including phenoxy) is 2. The van der Waals surface area contributed by atoms with Crippen LogP contribution in [0.1, 0.15) is 34.0 Å². The Morgan fingerprint density at radius 2 is 1.79 bits per heavy atom. The fourth-order valence-corrected chi connectivity index (χ4v) is 5.79. The largest absolute Gasteiger partial charge is 0.507 e. The Bertz CT molecular complexity index is 1300. The number of amides is 1. The summed E-state index contributed by atoms with van der Waals surface area (Å²) in [6, 6.07) is 18.2. The molecule has 1 aromatic heterocycles. The third kappa shape index (κ3) is 5.67. The van der Waals surface area contributed by atoms with Gasteiger partial charge >= 0.3 is 0 Å². The van der Waals surface area contributed by atoms with Gasteiger partial charge in [0.05, 0.1) is 24.8 Å². The van der Waals surface area contributed by atoms with E-state index in [9.17, 15) is 14.7 Å². The van der Waals surface area contributed by atoms with Gasteiger partial charge in [-0.25, -0.2) is 0 Å². The maximum atomic E-state index is 13.2. The first-order valence-electron chi connectivity index (χ1n) is 12.9. The third-order valence-electron chi connectivity index (χ3n) is 7.11. The van der Waals surface area contributed by atoms with E-state index in [1.165, 1.54) is 11.3 Å². The second-order valence-electron chi connectivity index (χ2n) is 9.56. The summed E-state index contributed by atoms with van der Waals surface area (Å²) < 4.78 is 11.3. The van der Waals surface area contributed by atoms with E-state index in [-0.39, 0.29) is 11.3 Å². The van der Waals surface area contributed by atoms with Gasteiger partial charge in [0.15, 0.2) is 0 Å². The summed E-state index contributed by atoms with van der Waals surface area (Å²) in [6.45, 7) is 6.93. The van der Waals surface area contributed by atoms with Crippen LogP contribution in [0.2, 0.25) is 0 Å². The van der Waals surface area contributed by atoms with E-state index < -0.39 is 17.7 Å². The SMILES string of the molecule is Cc1ccccc1COc1ccc(C(O)=C2C(=O)C(=O)N(CCCN3CCOCC3)C2c2cccs2)cc1. The number of aliphatic hydroxyl groups is 1. The molecule has 0 saturated carbocycles. The average molecular weight is 533 g/mol. The zero-order valence-corrected chi connectivity index (χ0v) is 22.3. The monoisotopic (exact) mass is 532 g/mol. The smallest absolute Gasteiger partial charge is 0.295 e. The number of likely N-dealkylation sites (tertiary alicyclic amines) is 1. The quantitative estimate of drug-likeness (QED) is 0.243. The van der Waals surface area contributed by atoms with Crippen LogP contribution in [0, 0.1) is 6.92 Å². The second kappa shape index (κ2) is 11.9. The Morgan fingerprint density at radius 3 is 2.50 bits per heavy atom. The number of ketones is 1. The van der Waals surface area contributed by atoms with Gasteiger partial charge in [-0.2, -0.15) is 0 Å². The van der Waals surface area contributed by atoms with Crippen molar-refractivity contribution < 1.29 is 24.2 Å². The molecule has 1 atom stereocenters. The van der Waals surface area contributed by atoms with Crippen LogP contribution in [0.5, 0.6) is 5.75 Å². The standard InChI is InChI=1S/C30H32N2O5S/c1-21-6-2-3-7-23(21)20-37-24-11-9-22(10-12-24)28(33)26-27(25-8-4-19-38-25)32(30(35)29(26)34)14-5-13-31-15-17-36-18-16-31/h2-4,6-12,19,27,33H,5,13-18,20H2,1H3. The number of benzene rings is 2. The average Bonchev–Trinajstić information content (AvgIpc) is 3.56. The van der Waals surface area contributed by atoms with E-state index in [2.05, 4.69) is 4.90 Å². The summed E-state index contributed by atoms with van der Waals surface area (Å²) in [7, 11) is 0. The molecule has 2 saturated heterocycles. The van der Waals surface area contributed by atoms with Crippen molar-refractivity contribution in [1.82, 2.24) is 9.80 Å². The molecule has 0 spiro atoms. The first-order valence-corrected chi connectivity index (χ1v) is 13.8. The molecule has 8 heteroatoms. The Kier molecular flexibility index (Phi) is 8.22. The molecule has 2 aliphatic heterocycles. The van der Waals surface area contributed by atoms with Crippen molar-refractivity contribution in [3.8, 4) is 5.75 Å². The minimum absolute atomic E-state index is 0.136. The summed E-state index contributed by atoms with van der Waals surface area (Å²) >= 11 is 1.48. The number of nitrogens with zero attached hydrogens (tertiary/aromatic N) is 2. The van der Waals surface area contributed by atoms with Crippen LogP contribution in [0.3, 0.4) is 0 Å². The molecule has 1 unspecified atom stereocenters. The molecule has 7 nitrogen and oxygen atoms in total. The first kappa shape index (κ1) is 26.2. The highest BCUT2D eigenvalue weighted by Crippen LogP contribution is 2.41. The second-order valence-corrected chi connectivity index (χ2v) is 10.5. The van der Waals surface area contributed by atoms with E-state index in [0.717, 1.165) is 55.3 Å². The van der Waals surface area contributed by atoms with Crippen LogP contribution in [0.4, 0.5) is 0 Å². The van der Waals surface area contributed by atoms with Gasteiger partial charge in [0.2, 0.25) is 0 Å². The van der Waals surface area contributed by atoms with Crippen LogP contribution in [-0.4, -0.2) is 66.0 Å². The molecule has 2 aromatic carbocycles. The number of aryl methyl sites for hydroxylation is 1. The summed E-state index contributed by atoms with van der Waals surface area (Å²) in [6.07, 6.45) is 0.738. The summed E-state index contributed by atoms with van der Waals surface area (Å²) in [4.78, 5) is 31.1. The van der Waals surface area contributed by atoms with Crippen molar-refractivity contribution in [2.75, 3.05) is 39.4 Å². The number of Topliss-reactive ketones (excluding diaryl/α,β-unsaturated/α-hetero) is 1. The lowest BCUT2D eigenvalue weighted by atomic mass is 10.00.